The summed E-state index contributed by atoms with van der Waals surface area (Å²) in [7, 11) is 0. The van der Waals surface area contributed by atoms with E-state index >= 15 is 0 Å². The van der Waals surface area contributed by atoms with Crippen LogP contribution in [0.15, 0.2) is 72.8 Å². The van der Waals surface area contributed by atoms with Gasteiger partial charge in [-0.25, -0.2) is 0 Å². The first kappa shape index (κ1) is 22.1. The van der Waals surface area contributed by atoms with Crippen molar-refractivity contribution in [1.29, 1.82) is 0 Å². The quantitative estimate of drug-likeness (QED) is 0.553. The fourth-order valence-electron chi connectivity index (χ4n) is 3.22. The molecule has 0 saturated carbocycles. The molecule has 5 heteroatoms. The summed E-state index contributed by atoms with van der Waals surface area (Å²) in [6, 6.07) is 22.2. The molecule has 0 aromatic heterocycles. The Labute approximate surface area is 183 Å². The molecule has 0 aliphatic carbocycles. The van der Waals surface area contributed by atoms with Crippen LogP contribution in [0.5, 0.6) is 5.75 Å². The molecule has 3 aromatic carbocycles. The molecule has 2 amide bonds. The van der Waals surface area contributed by atoms with E-state index in [0.29, 0.717) is 22.7 Å². The summed E-state index contributed by atoms with van der Waals surface area (Å²) in [6.07, 6.45) is 0. The van der Waals surface area contributed by atoms with Crippen molar-refractivity contribution in [3.05, 3.63) is 89.5 Å². The standard InChI is InChI=1S/C26H28N2O3/c1-18-9-5-6-10-21(18)25(30)28-20-15-13-19(14-16-20)27-24(29)17-31-23-12-8-7-11-22(23)26(2,3)4/h5-16H,17H2,1-4H3,(H,27,29)(H,28,30). The smallest absolute Gasteiger partial charge is 0.262 e. The van der Waals surface area contributed by atoms with Gasteiger partial charge in [0.25, 0.3) is 11.8 Å². The zero-order valence-electron chi connectivity index (χ0n) is 18.4. The fourth-order valence-corrected chi connectivity index (χ4v) is 3.22. The van der Waals surface area contributed by atoms with Crippen molar-refractivity contribution in [1.82, 2.24) is 0 Å². The predicted octanol–water partition coefficient (Wildman–Crippen LogP) is 5.56. The van der Waals surface area contributed by atoms with Crippen LogP contribution in [0, 0.1) is 6.92 Å². The first-order chi connectivity index (χ1) is 14.7. The molecule has 0 radical (unpaired) electrons. The zero-order valence-corrected chi connectivity index (χ0v) is 18.4. The molecule has 0 aliphatic heterocycles. The number of carbonyl (C=O) groups excluding carboxylic acids is 2. The molecule has 0 saturated heterocycles. The highest BCUT2D eigenvalue weighted by Gasteiger charge is 2.19. The number of aryl methyl sites for hydroxylation is 1. The molecular formula is C26H28N2O3. The lowest BCUT2D eigenvalue weighted by Gasteiger charge is -2.22. The highest BCUT2D eigenvalue weighted by Crippen LogP contribution is 2.30. The minimum Gasteiger partial charge on any atom is -0.483 e. The van der Waals surface area contributed by atoms with Crippen molar-refractivity contribution in [2.45, 2.75) is 33.1 Å². The minimum atomic E-state index is -0.250. The maximum Gasteiger partial charge on any atom is 0.262 e. The lowest BCUT2D eigenvalue weighted by atomic mass is 9.86. The number of carbonyl (C=O) groups is 2. The molecule has 0 bridgehead atoms. The Morgan fingerprint density at radius 2 is 1.39 bits per heavy atom. The normalized spacial score (nSPS) is 11.0. The summed E-state index contributed by atoms with van der Waals surface area (Å²) in [5, 5.41) is 5.69. The van der Waals surface area contributed by atoms with Gasteiger partial charge < -0.3 is 15.4 Å². The van der Waals surface area contributed by atoms with Crippen molar-refractivity contribution in [2.75, 3.05) is 17.2 Å². The Morgan fingerprint density at radius 1 is 0.806 bits per heavy atom. The first-order valence-corrected chi connectivity index (χ1v) is 10.2. The topological polar surface area (TPSA) is 67.4 Å². The number of amides is 2. The third-order valence-corrected chi connectivity index (χ3v) is 4.87. The fraction of sp³-hybridized carbons (Fsp3) is 0.231. The van der Waals surface area contributed by atoms with Crippen LogP contribution in [-0.4, -0.2) is 18.4 Å². The summed E-state index contributed by atoms with van der Waals surface area (Å²) >= 11 is 0. The van der Waals surface area contributed by atoms with E-state index in [9.17, 15) is 9.59 Å². The van der Waals surface area contributed by atoms with Gasteiger partial charge in [0.2, 0.25) is 0 Å². The van der Waals surface area contributed by atoms with Gasteiger partial charge in [-0.1, -0.05) is 57.2 Å². The third kappa shape index (κ3) is 5.95. The molecule has 160 valence electrons. The minimum absolute atomic E-state index is 0.0778. The second-order valence-electron chi connectivity index (χ2n) is 8.43. The maximum absolute atomic E-state index is 12.4. The summed E-state index contributed by atoms with van der Waals surface area (Å²) in [6.45, 7) is 8.13. The van der Waals surface area contributed by atoms with Crippen molar-refractivity contribution >= 4 is 23.2 Å². The average molecular weight is 417 g/mol. The lowest BCUT2D eigenvalue weighted by Crippen LogP contribution is -2.22. The van der Waals surface area contributed by atoms with E-state index in [1.54, 1.807) is 30.3 Å². The molecule has 31 heavy (non-hydrogen) atoms. The zero-order chi connectivity index (χ0) is 22.4. The van der Waals surface area contributed by atoms with Gasteiger partial charge >= 0.3 is 0 Å². The SMILES string of the molecule is Cc1ccccc1C(=O)Nc1ccc(NC(=O)COc2ccccc2C(C)(C)C)cc1. The number of benzene rings is 3. The number of rotatable bonds is 6. The van der Waals surface area contributed by atoms with E-state index in [1.165, 1.54) is 0 Å². The number of hydrogen-bond acceptors (Lipinski definition) is 3. The number of nitrogens with one attached hydrogen (secondary N) is 2. The molecule has 5 nitrogen and oxygen atoms in total. The van der Waals surface area contributed by atoms with Crippen LogP contribution in [-0.2, 0) is 10.2 Å². The van der Waals surface area contributed by atoms with Crippen LogP contribution in [0.2, 0.25) is 0 Å². The average Bonchev–Trinajstić information content (AvgIpc) is 2.73. The third-order valence-electron chi connectivity index (χ3n) is 4.87. The summed E-state index contributed by atoms with van der Waals surface area (Å²) < 4.78 is 5.77. The van der Waals surface area contributed by atoms with Gasteiger partial charge in [0.1, 0.15) is 5.75 Å². The highest BCUT2D eigenvalue weighted by molar-refractivity contribution is 6.05. The molecule has 0 unspecified atom stereocenters. The van der Waals surface area contributed by atoms with Crippen molar-refractivity contribution in [3.8, 4) is 5.75 Å². The molecular weight excluding hydrogens is 388 g/mol. The van der Waals surface area contributed by atoms with Crippen LogP contribution in [0.1, 0.15) is 42.3 Å². The molecule has 0 spiro atoms. The second-order valence-corrected chi connectivity index (χ2v) is 8.43. The van der Waals surface area contributed by atoms with Crippen LogP contribution >= 0.6 is 0 Å². The number of anilines is 2. The van der Waals surface area contributed by atoms with E-state index in [4.69, 9.17) is 4.74 Å². The van der Waals surface area contributed by atoms with E-state index in [0.717, 1.165) is 11.1 Å². The predicted molar refractivity (Wildman–Crippen MR) is 125 cm³/mol. The molecule has 0 fully saturated rings. The van der Waals surface area contributed by atoms with Gasteiger partial charge in [0, 0.05) is 16.9 Å². The van der Waals surface area contributed by atoms with Gasteiger partial charge in [0.15, 0.2) is 6.61 Å². The Morgan fingerprint density at radius 3 is 2.03 bits per heavy atom. The van der Waals surface area contributed by atoms with Crippen LogP contribution < -0.4 is 15.4 Å². The van der Waals surface area contributed by atoms with Gasteiger partial charge in [-0.15, -0.1) is 0 Å². The summed E-state index contributed by atoms with van der Waals surface area (Å²) in [5.74, 6) is 0.292. The van der Waals surface area contributed by atoms with Gasteiger partial charge in [-0.05, 0) is 59.9 Å². The van der Waals surface area contributed by atoms with Crippen LogP contribution in [0.4, 0.5) is 11.4 Å². The Hall–Kier alpha value is -3.60. The Balaban J connectivity index is 1.56. The van der Waals surface area contributed by atoms with E-state index in [-0.39, 0.29) is 23.8 Å². The largest absolute Gasteiger partial charge is 0.483 e. The second kappa shape index (κ2) is 9.47. The van der Waals surface area contributed by atoms with Gasteiger partial charge in [0.05, 0.1) is 0 Å². The number of para-hydroxylation sites is 1. The Bertz CT molecular complexity index is 1070. The monoisotopic (exact) mass is 416 g/mol. The highest BCUT2D eigenvalue weighted by atomic mass is 16.5. The lowest BCUT2D eigenvalue weighted by molar-refractivity contribution is -0.118. The van der Waals surface area contributed by atoms with E-state index in [2.05, 4.69) is 31.4 Å². The van der Waals surface area contributed by atoms with Crippen molar-refractivity contribution in [3.63, 3.8) is 0 Å². The van der Waals surface area contributed by atoms with Crippen molar-refractivity contribution < 1.29 is 14.3 Å². The molecule has 3 rings (SSSR count). The van der Waals surface area contributed by atoms with Gasteiger partial charge in [-0.2, -0.15) is 0 Å². The molecule has 0 aliphatic rings. The summed E-state index contributed by atoms with van der Waals surface area (Å²) in [5.41, 5.74) is 3.81. The molecule has 2 N–H and O–H groups in total. The van der Waals surface area contributed by atoms with Gasteiger partial charge in [-0.3, -0.25) is 9.59 Å². The van der Waals surface area contributed by atoms with Crippen LogP contribution in [0.3, 0.4) is 0 Å². The number of hydrogen-bond donors (Lipinski definition) is 2. The summed E-state index contributed by atoms with van der Waals surface area (Å²) in [4.78, 5) is 24.7. The van der Waals surface area contributed by atoms with Crippen molar-refractivity contribution in [2.24, 2.45) is 0 Å². The molecule has 3 aromatic rings. The molecule has 0 heterocycles. The molecule has 0 atom stereocenters. The maximum atomic E-state index is 12.4. The van der Waals surface area contributed by atoms with Crippen LogP contribution in [0.25, 0.3) is 0 Å². The first-order valence-electron chi connectivity index (χ1n) is 10.2. The van der Waals surface area contributed by atoms with E-state index in [1.807, 2.05) is 49.4 Å². The van der Waals surface area contributed by atoms with E-state index < -0.39 is 0 Å². The number of ether oxygens (including phenoxy) is 1. The Kier molecular flexibility index (Phi) is 6.75.